The van der Waals surface area contributed by atoms with Crippen molar-refractivity contribution in [2.75, 3.05) is 0 Å². The summed E-state index contributed by atoms with van der Waals surface area (Å²) in [5.41, 5.74) is 1.10. The molecule has 1 aromatic carbocycles. The van der Waals surface area contributed by atoms with Gasteiger partial charge in [-0.25, -0.2) is 4.79 Å². The lowest BCUT2D eigenvalue weighted by Gasteiger charge is -2.15. The topological polar surface area (TPSA) is 77.8 Å². The Morgan fingerprint density at radius 1 is 1.47 bits per heavy atom. The molecule has 0 heterocycles. The molecule has 0 aliphatic rings. The first kappa shape index (κ1) is 11.8. The molecule has 1 unspecified atom stereocenters. The van der Waals surface area contributed by atoms with Gasteiger partial charge in [0.25, 0.3) is 0 Å². The first-order valence-electron chi connectivity index (χ1n) is 4.25. The number of aliphatic carboxylic acids is 1. The molecule has 1 atom stereocenters. The highest BCUT2D eigenvalue weighted by atomic mass is 35.5. The third-order valence-corrected chi connectivity index (χ3v) is 2.72. The zero-order chi connectivity index (χ0) is 11.7. The van der Waals surface area contributed by atoms with E-state index in [9.17, 15) is 15.0 Å². The van der Waals surface area contributed by atoms with Gasteiger partial charge >= 0.3 is 5.97 Å². The van der Waals surface area contributed by atoms with Crippen molar-refractivity contribution in [3.8, 4) is 5.75 Å². The summed E-state index contributed by atoms with van der Waals surface area (Å²) in [5.74, 6) is -1.46. The second-order valence-electron chi connectivity index (χ2n) is 3.31. The van der Waals surface area contributed by atoms with Crippen LogP contribution in [0.3, 0.4) is 0 Å². The predicted octanol–water partition coefficient (Wildman–Crippen LogP) is 1.78. The number of carboxylic acids is 1. The number of aryl methyl sites for hydroxylation is 1. The summed E-state index contributed by atoms with van der Waals surface area (Å²) in [6, 6.07) is 1.33. The van der Waals surface area contributed by atoms with E-state index < -0.39 is 12.1 Å². The number of rotatable bonds is 2. The van der Waals surface area contributed by atoms with Crippen LogP contribution in [0.2, 0.25) is 5.02 Å². The number of phenolic OH excluding ortho intramolecular Hbond substituents is 1. The molecule has 0 aliphatic carbocycles. The number of aliphatic hydroxyl groups is 1. The SMILES string of the molecule is Cc1cc(O)c(Cl)c(C)c1C(O)C(=O)O. The second-order valence-corrected chi connectivity index (χ2v) is 3.68. The van der Waals surface area contributed by atoms with Crippen LogP contribution >= 0.6 is 11.6 Å². The average molecular weight is 231 g/mol. The fourth-order valence-electron chi connectivity index (χ4n) is 1.50. The fourth-order valence-corrected chi connectivity index (χ4v) is 1.65. The molecule has 0 fully saturated rings. The molecule has 1 aromatic rings. The van der Waals surface area contributed by atoms with E-state index in [2.05, 4.69) is 0 Å². The summed E-state index contributed by atoms with van der Waals surface area (Å²) < 4.78 is 0. The largest absolute Gasteiger partial charge is 0.506 e. The molecule has 1 rings (SSSR count). The van der Waals surface area contributed by atoms with Crippen molar-refractivity contribution >= 4 is 17.6 Å². The van der Waals surface area contributed by atoms with Gasteiger partial charge in [-0.15, -0.1) is 0 Å². The van der Waals surface area contributed by atoms with E-state index in [0.717, 1.165) is 0 Å². The molecule has 0 saturated heterocycles. The van der Waals surface area contributed by atoms with Crippen molar-refractivity contribution in [1.82, 2.24) is 0 Å². The highest BCUT2D eigenvalue weighted by Gasteiger charge is 2.23. The monoisotopic (exact) mass is 230 g/mol. The molecular formula is C10H11ClO4. The smallest absolute Gasteiger partial charge is 0.337 e. The van der Waals surface area contributed by atoms with Crippen molar-refractivity contribution in [2.24, 2.45) is 0 Å². The number of aromatic hydroxyl groups is 1. The zero-order valence-electron chi connectivity index (χ0n) is 8.28. The van der Waals surface area contributed by atoms with Gasteiger partial charge in [0.15, 0.2) is 6.10 Å². The van der Waals surface area contributed by atoms with Crippen molar-refractivity contribution < 1.29 is 20.1 Å². The van der Waals surface area contributed by atoms with Crippen LogP contribution in [0.25, 0.3) is 0 Å². The zero-order valence-corrected chi connectivity index (χ0v) is 9.04. The van der Waals surface area contributed by atoms with E-state index in [1.54, 1.807) is 13.8 Å². The number of carbonyl (C=O) groups is 1. The quantitative estimate of drug-likeness (QED) is 0.724. The van der Waals surface area contributed by atoms with Gasteiger partial charge in [-0.1, -0.05) is 11.6 Å². The Bertz CT molecular complexity index is 414. The minimum Gasteiger partial charge on any atom is -0.506 e. The Balaban J connectivity index is 3.42. The van der Waals surface area contributed by atoms with Crippen LogP contribution in [0.1, 0.15) is 22.8 Å². The van der Waals surface area contributed by atoms with Crippen molar-refractivity contribution in [3.63, 3.8) is 0 Å². The van der Waals surface area contributed by atoms with Crippen LogP contribution < -0.4 is 0 Å². The molecule has 82 valence electrons. The summed E-state index contributed by atoms with van der Waals surface area (Å²) in [5, 5.41) is 27.6. The lowest BCUT2D eigenvalue weighted by atomic mass is 9.97. The van der Waals surface area contributed by atoms with Crippen molar-refractivity contribution in [1.29, 1.82) is 0 Å². The number of hydrogen-bond acceptors (Lipinski definition) is 3. The maximum absolute atomic E-state index is 10.6. The molecular weight excluding hydrogens is 220 g/mol. The minimum atomic E-state index is -1.62. The van der Waals surface area contributed by atoms with E-state index in [-0.39, 0.29) is 16.3 Å². The number of benzene rings is 1. The Labute approximate surface area is 91.7 Å². The first-order chi connectivity index (χ1) is 6.86. The van der Waals surface area contributed by atoms with E-state index >= 15 is 0 Å². The Hall–Kier alpha value is -1.26. The maximum Gasteiger partial charge on any atom is 0.337 e. The van der Waals surface area contributed by atoms with Crippen LogP contribution in [0.15, 0.2) is 6.07 Å². The van der Waals surface area contributed by atoms with Crippen LogP contribution in [-0.2, 0) is 4.79 Å². The molecule has 0 saturated carbocycles. The standard InChI is InChI=1S/C10H11ClO4/c1-4-3-6(12)8(11)5(2)7(4)9(13)10(14)15/h3,9,12-13H,1-2H3,(H,14,15). The molecule has 0 aromatic heterocycles. The molecule has 15 heavy (non-hydrogen) atoms. The van der Waals surface area contributed by atoms with E-state index in [4.69, 9.17) is 16.7 Å². The van der Waals surface area contributed by atoms with Crippen LogP contribution in [0.5, 0.6) is 5.75 Å². The second kappa shape index (κ2) is 4.08. The molecule has 5 heteroatoms. The van der Waals surface area contributed by atoms with Crippen molar-refractivity contribution in [2.45, 2.75) is 20.0 Å². The van der Waals surface area contributed by atoms with E-state index in [1.807, 2.05) is 0 Å². The van der Waals surface area contributed by atoms with Crippen LogP contribution in [0.4, 0.5) is 0 Å². The number of halogens is 1. The summed E-state index contributed by atoms with van der Waals surface area (Å²) >= 11 is 5.75. The van der Waals surface area contributed by atoms with Gasteiger partial charge in [-0.2, -0.15) is 0 Å². The summed E-state index contributed by atoms with van der Waals surface area (Å²) in [4.78, 5) is 10.6. The number of aliphatic hydroxyl groups excluding tert-OH is 1. The van der Waals surface area contributed by atoms with Gasteiger partial charge in [0.2, 0.25) is 0 Å². The van der Waals surface area contributed by atoms with Gasteiger partial charge in [0.1, 0.15) is 5.75 Å². The molecule has 3 N–H and O–H groups in total. The number of carboxylic acid groups (broad SMARTS) is 1. The molecule has 0 spiro atoms. The predicted molar refractivity (Wildman–Crippen MR) is 55.2 cm³/mol. The number of hydrogen-bond donors (Lipinski definition) is 3. The van der Waals surface area contributed by atoms with Crippen LogP contribution in [0, 0.1) is 13.8 Å². The third-order valence-electron chi connectivity index (χ3n) is 2.24. The summed E-state index contributed by atoms with van der Waals surface area (Å²) in [6.07, 6.45) is -1.62. The van der Waals surface area contributed by atoms with E-state index in [0.29, 0.717) is 11.1 Å². The lowest BCUT2D eigenvalue weighted by Crippen LogP contribution is -2.13. The Morgan fingerprint density at radius 2 is 2.00 bits per heavy atom. The Morgan fingerprint density at radius 3 is 2.47 bits per heavy atom. The van der Waals surface area contributed by atoms with Gasteiger partial charge in [0, 0.05) is 0 Å². The van der Waals surface area contributed by atoms with Gasteiger partial charge in [-0.3, -0.25) is 0 Å². The highest BCUT2D eigenvalue weighted by molar-refractivity contribution is 6.32. The molecule has 0 amide bonds. The lowest BCUT2D eigenvalue weighted by molar-refractivity contribution is -0.147. The first-order valence-corrected chi connectivity index (χ1v) is 4.63. The minimum absolute atomic E-state index is 0.0656. The molecule has 4 nitrogen and oxygen atoms in total. The van der Waals surface area contributed by atoms with Gasteiger partial charge in [-0.05, 0) is 36.6 Å². The summed E-state index contributed by atoms with van der Waals surface area (Å²) in [7, 11) is 0. The highest BCUT2D eigenvalue weighted by Crippen LogP contribution is 2.34. The molecule has 0 aliphatic heterocycles. The third kappa shape index (κ3) is 2.06. The van der Waals surface area contributed by atoms with Crippen LogP contribution in [-0.4, -0.2) is 21.3 Å². The van der Waals surface area contributed by atoms with E-state index in [1.165, 1.54) is 6.07 Å². The summed E-state index contributed by atoms with van der Waals surface area (Å²) in [6.45, 7) is 3.15. The van der Waals surface area contributed by atoms with Gasteiger partial charge in [0.05, 0.1) is 5.02 Å². The number of phenols is 1. The average Bonchev–Trinajstić information content (AvgIpc) is 2.14. The molecule has 0 radical (unpaired) electrons. The normalized spacial score (nSPS) is 12.5. The van der Waals surface area contributed by atoms with Crippen molar-refractivity contribution in [3.05, 3.63) is 27.8 Å². The molecule has 0 bridgehead atoms. The van der Waals surface area contributed by atoms with Gasteiger partial charge < -0.3 is 15.3 Å². The fraction of sp³-hybridized carbons (Fsp3) is 0.300. The maximum atomic E-state index is 10.6. The Kier molecular flexibility index (Phi) is 3.21.